The Morgan fingerprint density at radius 3 is 2.50 bits per heavy atom. The lowest BCUT2D eigenvalue weighted by Gasteiger charge is -2.27. The number of benzene rings is 2. The van der Waals surface area contributed by atoms with Gasteiger partial charge >= 0.3 is 0 Å². The molecule has 2 aromatic carbocycles. The number of sulfonamides is 1. The molecule has 0 radical (unpaired) electrons. The van der Waals surface area contributed by atoms with E-state index in [2.05, 4.69) is 4.98 Å². The van der Waals surface area contributed by atoms with Crippen LogP contribution in [0.25, 0.3) is 0 Å². The van der Waals surface area contributed by atoms with Crippen molar-refractivity contribution in [2.75, 3.05) is 13.1 Å². The summed E-state index contributed by atoms with van der Waals surface area (Å²) in [5.74, 6) is -0.265. The summed E-state index contributed by atoms with van der Waals surface area (Å²) in [7, 11) is -3.78. The van der Waals surface area contributed by atoms with Gasteiger partial charge in [0.1, 0.15) is 4.90 Å². The molecule has 0 atom stereocenters. The zero-order valence-electron chi connectivity index (χ0n) is 19.2. The van der Waals surface area contributed by atoms with Crippen molar-refractivity contribution in [1.82, 2.24) is 14.2 Å². The lowest BCUT2D eigenvalue weighted by atomic mass is 10.1. The number of hydrogen-bond acceptors (Lipinski definition) is 4. The van der Waals surface area contributed by atoms with E-state index in [9.17, 15) is 13.2 Å². The molecule has 1 fully saturated rings. The van der Waals surface area contributed by atoms with Gasteiger partial charge in [-0.15, -0.1) is 0 Å². The van der Waals surface area contributed by atoms with Crippen LogP contribution in [-0.4, -0.2) is 41.6 Å². The van der Waals surface area contributed by atoms with Gasteiger partial charge in [-0.05, 0) is 60.7 Å². The number of carbonyl (C=O) groups excluding carboxylic acids is 1. The van der Waals surface area contributed by atoms with E-state index in [4.69, 9.17) is 11.6 Å². The summed E-state index contributed by atoms with van der Waals surface area (Å²) in [5, 5.41) is 0.125. The lowest BCUT2D eigenvalue weighted by Crippen LogP contribution is -2.36. The Balaban J connectivity index is 1.68. The van der Waals surface area contributed by atoms with Crippen molar-refractivity contribution in [2.24, 2.45) is 0 Å². The van der Waals surface area contributed by atoms with Crippen LogP contribution in [0.3, 0.4) is 0 Å². The molecule has 0 bridgehead atoms. The molecule has 3 aromatic rings. The molecule has 6 nitrogen and oxygen atoms in total. The minimum Gasteiger partial charge on any atom is -0.330 e. The summed E-state index contributed by atoms with van der Waals surface area (Å²) in [6, 6.07) is 16.2. The van der Waals surface area contributed by atoms with Gasteiger partial charge in [0.05, 0.1) is 5.02 Å². The number of carbonyl (C=O) groups is 1. The van der Waals surface area contributed by atoms with Crippen molar-refractivity contribution >= 4 is 27.5 Å². The minimum atomic E-state index is -3.78. The predicted molar refractivity (Wildman–Crippen MR) is 133 cm³/mol. The van der Waals surface area contributed by atoms with Crippen LogP contribution in [0.1, 0.15) is 46.3 Å². The highest BCUT2D eigenvalue weighted by molar-refractivity contribution is 7.89. The number of piperidine rings is 1. The van der Waals surface area contributed by atoms with Gasteiger partial charge in [0.2, 0.25) is 10.0 Å². The normalized spacial score (nSPS) is 14.6. The number of aromatic nitrogens is 1. The van der Waals surface area contributed by atoms with Gasteiger partial charge in [0.15, 0.2) is 0 Å². The first kappa shape index (κ1) is 24.4. The van der Waals surface area contributed by atoms with E-state index in [-0.39, 0.29) is 21.4 Å². The Hall–Kier alpha value is -2.74. The van der Waals surface area contributed by atoms with E-state index in [1.807, 2.05) is 43.3 Å². The average Bonchev–Trinajstić information content (AvgIpc) is 2.86. The molecular formula is C26H28ClN3O3S. The fourth-order valence-electron chi connectivity index (χ4n) is 4.17. The number of pyridine rings is 1. The topological polar surface area (TPSA) is 70.6 Å². The van der Waals surface area contributed by atoms with Crippen molar-refractivity contribution in [3.05, 3.63) is 94.3 Å². The number of hydrogen-bond donors (Lipinski definition) is 0. The number of aryl methyl sites for hydroxylation is 1. The molecule has 0 aliphatic carbocycles. The molecule has 0 N–H and O–H groups in total. The summed E-state index contributed by atoms with van der Waals surface area (Å²) >= 11 is 6.33. The highest BCUT2D eigenvalue weighted by Crippen LogP contribution is 2.29. The highest BCUT2D eigenvalue weighted by atomic mass is 35.5. The molecule has 1 amide bonds. The Labute approximate surface area is 206 Å². The molecule has 0 saturated carbocycles. The number of halogens is 1. The first-order valence-electron chi connectivity index (χ1n) is 11.4. The van der Waals surface area contributed by atoms with Crippen LogP contribution >= 0.6 is 11.6 Å². The summed E-state index contributed by atoms with van der Waals surface area (Å²) in [4.78, 5) is 19.5. The van der Waals surface area contributed by atoms with Crippen LogP contribution in [0.15, 0.2) is 71.9 Å². The molecule has 0 spiro atoms. The second-order valence-corrected chi connectivity index (χ2v) is 10.9. The van der Waals surface area contributed by atoms with Crippen LogP contribution in [0.4, 0.5) is 0 Å². The van der Waals surface area contributed by atoms with E-state index in [0.29, 0.717) is 26.2 Å². The molecule has 4 rings (SSSR count). The Kier molecular flexibility index (Phi) is 7.66. The van der Waals surface area contributed by atoms with Crippen LogP contribution < -0.4 is 0 Å². The average molecular weight is 498 g/mol. The third kappa shape index (κ3) is 5.49. The molecule has 178 valence electrons. The molecule has 2 heterocycles. The van der Waals surface area contributed by atoms with Gasteiger partial charge in [0.25, 0.3) is 5.91 Å². The largest absolute Gasteiger partial charge is 0.330 e. The van der Waals surface area contributed by atoms with E-state index in [1.165, 1.54) is 16.4 Å². The van der Waals surface area contributed by atoms with E-state index in [1.54, 1.807) is 23.4 Å². The molecule has 8 heteroatoms. The molecule has 1 aliphatic rings. The van der Waals surface area contributed by atoms with Crippen LogP contribution in [0.2, 0.25) is 5.02 Å². The molecule has 34 heavy (non-hydrogen) atoms. The maximum atomic E-state index is 13.7. The fraction of sp³-hybridized carbons (Fsp3) is 0.308. The van der Waals surface area contributed by atoms with Crippen molar-refractivity contribution in [3.8, 4) is 0 Å². The number of nitrogens with zero attached hydrogens (tertiary/aromatic N) is 3. The fourth-order valence-corrected chi connectivity index (χ4v) is 6.18. The standard InChI is InChI=1S/C26H28ClN3O3S/c1-20-8-3-4-10-23(20)19-29(18-21-9-7-13-28-17-21)26(31)22-11-12-24(27)25(16-22)34(32,33)30-14-5-2-6-15-30/h3-4,7-13,16-17H,2,5-6,14-15,18-19H2,1H3. The molecular weight excluding hydrogens is 470 g/mol. The van der Waals surface area contributed by atoms with Crippen LogP contribution in [-0.2, 0) is 23.1 Å². The van der Waals surface area contributed by atoms with Gasteiger partial charge in [-0.1, -0.05) is 48.4 Å². The molecule has 1 aromatic heterocycles. The smallest absolute Gasteiger partial charge is 0.254 e. The Morgan fingerprint density at radius 2 is 1.79 bits per heavy atom. The second kappa shape index (κ2) is 10.7. The van der Waals surface area contributed by atoms with Gasteiger partial charge in [-0.3, -0.25) is 9.78 Å². The van der Waals surface area contributed by atoms with Crippen molar-refractivity contribution in [3.63, 3.8) is 0 Å². The third-order valence-electron chi connectivity index (χ3n) is 6.12. The van der Waals surface area contributed by atoms with Gasteiger partial charge in [-0.25, -0.2) is 8.42 Å². The summed E-state index contributed by atoms with van der Waals surface area (Å²) in [6.07, 6.45) is 6.08. The summed E-state index contributed by atoms with van der Waals surface area (Å²) in [6.45, 7) is 3.68. The second-order valence-electron chi connectivity index (χ2n) is 8.56. The van der Waals surface area contributed by atoms with E-state index in [0.717, 1.165) is 36.0 Å². The number of rotatable bonds is 7. The van der Waals surface area contributed by atoms with Crippen LogP contribution in [0.5, 0.6) is 0 Å². The van der Waals surface area contributed by atoms with Crippen LogP contribution in [0, 0.1) is 6.92 Å². The van der Waals surface area contributed by atoms with Crippen molar-refractivity contribution < 1.29 is 13.2 Å². The summed E-state index contributed by atoms with van der Waals surface area (Å²) < 4.78 is 28.0. The van der Waals surface area contributed by atoms with Crippen molar-refractivity contribution in [1.29, 1.82) is 0 Å². The van der Waals surface area contributed by atoms with Gasteiger partial charge in [0, 0.05) is 44.1 Å². The minimum absolute atomic E-state index is 0.0147. The van der Waals surface area contributed by atoms with Gasteiger partial charge in [-0.2, -0.15) is 4.31 Å². The van der Waals surface area contributed by atoms with E-state index >= 15 is 0 Å². The maximum Gasteiger partial charge on any atom is 0.254 e. The molecule has 1 saturated heterocycles. The molecule has 1 aliphatic heterocycles. The first-order chi connectivity index (χ1) is 16.4. The zero-order chi connectivity index (χ0) is 24.1. The maximum absolute atomic E-state index is 13.7. The quantitative estimate of drug-likeness (QED) is 0.457. The number of amides is 1. The summed E-state index contributed by atoms with van der Waals surface area (Å²) in [5.41, 5.74) is 3.28. The van der Waals surface area contributed by atoms with E-state index < -0.39 is 10.0 Å². The van der Waals surface area contributed by atoms with Gasteiger partial charge < -0.3 is 4.90 Å². The lowest BCUT2D eigenvalue weighted by molar-refractivity contribution is 0.0729. The first-order valence-corrected chi connectivity index (χ1v) is 13.2. The zero-order valence-corrected chi connectivity index (χ0v) is 20.7. The van der Waals surface area contributed by atoms with Crippen molar-refractivity contribution in [2.45, 2.75) is 44.2 Å². The monoisotopic (exact) mass is 497 g/mol. The SMILES string of the molecule is Cc1ccccc1CN(Cc1cccnc1)C(=O)c1ccc(Cl)c(S(=O)(=O)N2CCCCC2)c1. The third-order valence-corrected chi connectivity index (χ3v) is 8.50. The Bertz CT molecular complexity index is 1260. The molecule has 0 unspecified atom stereocenters. The Morgan fingerprint density at radius 1 is 1.03 bits per heavy atom. The predicted octanol–water partition coefficient (Wildman–Crippen LogP) is 5.06. The highest BCUT2D eigenvalue weighted by Gasteiger charge is 2.29.